The molecule has 1 aromatic carbocycles. The summed E-state index contributed by atoms with van der Waals surface area (Å²) in [5, 5.41) is 3.28. The fraction of sp³-hybridized carbons (Fsp3) is 0.364. The Balaban J connectivity index is 1.51. The van der Waals surface area contributed by atoms with Crippen LogP contribution >= 0.6 is 0 Å². The zero-order chi connectivity index (χ0) is 19.5. The Labute approximate surface area is 165 Å². The van der Waals surface area contributed by atoms with Gasteiger partial charge in [0.15, 0.2) is 0 Å². The Morgan fingerprint density at radius 3 is 2.96 bits per heavy atom. The first-order valence-electron chi connectivity index (χ1n) is 9.77. The number of benzene rings is 1. The second-order valence-electron chi connectivity index (χ2n) is 7.32. The number of carbonyl (C=O) groups excluding carboxylic acids is 1. The molecule has 146 valence electrons. The molecule has 0 bridgehead atoms. The summed E-state index contributed by atoms with van der Waals surface area (Å²) in [7, 11) is 1.95. The number of rotatable bonds is 5. The number of carbonyl (C=O) groups is 1. The van der Waals surface area contributed by atoms with Gasteiger partial charge < -0.3 is 19.4 Å². The lowest BCUT2D eigenvalue weighted by atomic mass is 10.0. The number of amides is 1. The van der Waals surface area contributed by atoms with Gasteiger partial charge >= 0.3 is 0 Å². The van der Waals surface area contributed by atoms with Crippen molar-refractivity contribution < 1.29 is 9.53 Å². The van der Waals surface area contributed by atoms with Crippen molar-refractivity contribution in [2.75, 3.05) is 20.1 Å². The third-order valence-electron chi connectivity index (χ3n) is 5.34. The molecule has 1 aliphatic heterocycles. The van der Waals surface area contributed by atoms with Gasteiger partial charge in [-0.1, -0.05) is 18.2 Å². The maximum Gasteiger partial charge on any atom is 0.257 e. The minimum absolute atomic E-state index is 0.0291. The minimum Gasteiger partial charge on any atom is -0.486 e. The lowest BCUT2D eigenvalue weighted by Crippen LogP contribution is -2.47. The molecular weight excluding hydrogens is 352 g/mol. The number of aromatic nitrogens is 2. The molecule has 0 saturated carbocycles. The van der Waals surface area contributed by atoms with Gasteiger partial charge in [0.25, 0.3) is 5.91 Å². The number of likely N-dealkylation sites (tertiary alicyclic amines) is 1. The van der Waals surface area contributed by atoms with Crippen LogP contribution in [0.1, 0.15) is 34.5 Å². The van der Waals surface area contributed by atoms with Crippen LogP contribution in [-0.2, 0) is 6.61 Å². The average molecular weight is 378 g/mol. The van der Waals surface area contributed by atoms with Crippen molar-refractivity contribution in [2.45, 2.75) is 32.4 Å². The lowest BCUT2D eigenvalue weighted by molar-refractivity contribution is 0.0693. The predicted molar refractivity (Wildman–Crippen MR) is 109 cm³/mol. The highest BCUT2D eigenvalue weighted by Gasteiger charge is 2.25. The number of hydrogen-bond donors (Lipinski definition) is 1. The first-order chi connectivity index (χ1) is 13.7. The second-order valence-corrected chi connectivity index (χ2v) is 7.32. The van der Waals surface area contributed by atoms with Gasteiger partial charge in [0.2, 0.25) is 0 Å². The molecule has 4 rings (SSSR count). The first kappa shape index (κ1) is 18.5. The maximum atomic E-state index is 13.1. The highest BCUT2D eigenvalue weighted by Crippen LogP contribution is 2.23. The van der Waals surface area contributed by atoms with Crippen LogP contribution in [-0.4, -0.2) is 46.4 Å². The van der Waals surface area contributed by atoms with E-state index < -0.39 is 0 Å². The second kappa shape index (κ2) is 8.02. The molecule has 3 aromatic rings. The van der Waals surface area contributed by atoms with Crippen molar-refractivity contribution in [3.63, 3.8) is 0 Å². The van der Waals surface area contributed by atoms with Gasteiger partial charge in [-0.05, 0) is 50.6 Å². The molecular formula is C22H26N4O2. The third-order valence-corrected chi connectivity index (χ3v) is 5.34. The molecule has 6 heteroatoms. The molecule has 6 nitrogen and oxygen atoms in total. The van der Waals surface area contributed by atoms with Crippen LogP contribution < -0.4 is 10.1 Å². The Morgan fingerprint density at radius 1 is 1.29 bits per heavy atom. The number of ether oxygens (including phenoxy) is 1. The highest BCUT2D eigenvalue weighted by atomic mass is 16.5. The van der Waals surface area contributed by atoms with E-state index in [4.69, 9.17) is 4.74 Å². The van der Waals surface area contributed by atoms with Gasteiger partial charge in [-0.3, -0.25) is 4.79 Å². The van der Waals surface area contributed by atoms with Crippen molar-refractivity contribution in [3.05, 3.63) is 65.6 Å². The normalized spacial score (nSPS) is 17.1. The fourth-order valence-electron chi connectivity index (χ4n) is 3.76. The van der Waals surface area contributed by atoms with E-state index >= 15 is 0 Å². The molecule has 2 aromatic heterocycles. The number of fused-ring (bicyclic) bond motifs is 1. The van der Waals surface area contributed by atoms with E-state index in [1.807, 2.05) is 72.1 Å². The lowest BCUT2D eigenvalue weighted by Gasteiger charge is -2.33. The van der Waals surface area contributed by atoms with Crippen LogP contribution in [0.3, 0.4) is 0 Å². The maximum absolute atomic E-state index is 13.1. The number of nitrogens with zero attached hydrogens (tertiary/aromatic N) is 3. The van der Waals surface area contributed by atoms with Gasteiger partial charge in [0.1, 0.15) is 18.0 Å². The molecule has 0 spiro atoms. The summed E-state index contributed by atoms with van der Waals surface area (Å²) in [4.78, 5) is 19.6. The van der Waals surface area contributed by atoms with Gasteiger partial charge in [-0.25, -0.2) is 4.98 Å². The largest absolute Gasteiger partial charge is 0.486 e. The Hall–Kier alpha value is -2.86. The van der Waals surface area contributed by atoms with Crippen LogP contribution in [0.2, 0.25) is 0 Å². The topological polar surface area (TPSA) is 58.9 Å². The average Bonchev–Trinajstić information content (AvgIpc) is 3.16. The number of hydrogen-bond acceptors (Lipinski definition) is 4. The van der Waals surface area contributed by atoms with Crippen molar-refractivity contribution in [2.24, 2.45) is 0 Å². The van der Waals surface area contributed by atoms with Crippen molar-refractivity contribution in [1.29, 1.82) is 0 Å². The summed E-state index contributed by atoms with van der Waals surface area (Å²) >= 11 is 0. The van der Waals surface area contributed by atoms with E-state index in [1.165, 1.54) is 0 Å². The van der Waals surface area contributed by atoms with Gasteiger partial charge in [0, 0.05) is 31.5 Å². The van der Waals surface area contributed by atoms with E-state index in [2.05, 4.69) is 10.3 Å². The number of piperidine rings is 1. The summed E-state index contributed by atoms with van der Waals surface area (Å²) < 4.78 is 8.02. The molecule has 3 heterocycles. The van der Waals surface area contributed by atoms with Crippen molar-refractivity contribution >= 4 is 11.6 Å². The minimum atomic E-state index is 0.0291. The Kier molecular flexibility index (Phi) is 5.30. The number of imidazole rings is 1. The standard InChI is InChI=1S/C22H26N4O2/c1-16-7-5-11-25-14-18(24-21(16)25)15-28-20-10-4-3-9-19(20)22(27)26-12-6-8-17(13-26)23-2/h3-5,7,9-11,14,17,23H,6,8,12-13,15H2,1-2H3. The SMILES string of the molecule is CNC1CCCN(C(=O)c2ccccc2OCc2cn3cccc(C)c3n2)C1. The molecule has 0 radical (unpaired) electrons. The summed E-state index contributed by atoms with van der Waals surface area (Å²) in [6.45, 7) is 3.88. The molecule has 1 saturated heterocycles. The number of likely N-dealkylation sites (N-methyl/N-ethyl adjacent to an activating group) is 1. The van der Waals surface area contributed by atoms with Gasteiger partial charge in [-0.2, -0.15) is 0 Å². The zero-order valence-electron chi connectivity index (χ0n) is 16.4. The number of aryl methyl sites for hydroxylation is 1. The molecule has 28 heavy (non-hydrogen) atoms. The molecule has 1 amide bonds. The van der Waals surface area contributed by atoms with Gasteiger partial charge in [0.05, 0.1) is 11.3 Å². The predicted octanol–water partition coefficient (Wildman–Crippen LogP) is 3.05. The molecule has 1 fully saturated rings. The van der Waals surface area contributed by atoms with Crippen LogP contribution in [0.25, 0.3) is 5.65 Å². The molecule has 1 unspecified atom stereocenters. The summed E-state index contributed by atoms with van der Waals surface area (Å²) in [5.41, 5.74) is 3.49. The van der Waals surface area contributed by atoms with Crippen LogP contribution in [0.15, 0.2) is 48.8 Å². The first-order valence-corrected chi connectivity index (χ1v) is 9.77. The van der Waals surface area contributed by atoms with Crippen LogP contribution in [0.4, 0.5) is 0 Å². The third kappa shape index (κ3) is 3.73. The molecule has 1 N–H and O–H groups in total. The summed E-state index contributed by atoms with van der Waals surface area (Å²) in [6.07, 6.45) is 6.06. The molecule has 1 atom stereocenters. The van der Waals surface area contributed by atoms with E-state index in [1.54, 1.807) is 0 Å². The zero-order valence-corrected chi connectivity index (χ0v) is 16.4. The fourth-order valence-corrected chi connectivity index (χ4v) is 3.76. The Morgan fingerprint density at radius 2 is 2.14 bits per heavy atom. The van der Waals surface area contributed by atoms with Crippen molar-refractivity contribution in [1.82, 2.24) is 19.6 Å². The van der Waals surface area contributed by atoms with Crippen LogP contribution in [0, 0.1) is 6.92 Å². The quantitative estimate of drug-likeness (QED) is 0.741. The number of para-hydroxylation sites is 1. The number of pyridine rings is 1. The van der Waals surface area contributed by atoms with Crippen molar-refractivity contribution in [3.8, 4) is 5.75 Å². The smallest absolute Gasteiger partial charge is 0.257 e. The van der Waals surface area contributed by atoms with E-state index in [0.29, 0.717) is 24.0 Å². The van der Waals surface area contributed by atoms with Gasteiger partial charge in [-0.15, -0.1) is 0 Å². The van der Waals surface area contributed by atoms with E-state index in [9.17, 15) is 4.79 Å². The number of nitrogens with one attached hydrogen (secondary N) is 1. The molecule has 1 aliphatic rings. The summed E-state index contributed by atoms with van der Waals surface area (Å²) in [6, 6.07) is 11.9. The monoisotopic (exact) mass is 378 g/mol. The van der Waals surface area contributed by atoms with Crippen LogP contribution in [0.5, 0.6) is 5.75 Å². The highest BCUT2D eigenvalue weighted by molar-refractivity contribution is 5.97. The van der Waals surface area contributed by atoms with E-state index in [-0.39, 0.29) is 5.91 Å². The summed E-state index contributed by atoms with van der Waals surface area (Å²) in [5.74, 6) is 0.634. The van der Waals surface area contributed by atoms with E-state index in [0.717, 1.165) is 42.8 Å². The molecule has 0 aliphatic carbocycles. The Bertz CT molecular complexity index is 982.